The van der Waals surface area contributed by atoms with E-state index in [1.807, 2.05) is 61.5 Å². The molecule has 0 fully saturated rings. The van der Waals surface area contributed by atoms with Gasteiger partial charge in [-0.2, -0.15) is 0 Å². The van der Waals surface area contributed by atoms with Crippen molar-refractivity contribution in [2.24, 2.45) is 4.99 Å². The Morgan fingerprint density at radius 2 is 1.76 bits per heavy atom. The van der Waals surface area contributed by atoms with E-state index in [9.17, 15) is 4.79 Å². The Kier molecular flexibility index (Phi) is 12.5. The summed E-state index contributed by atoms with van der Waals surface area (Å²) in [5.74, 6) is 1.11. The average Bonchev–Trinajstić information content (AvgIpc) is 2.71. The van der Waals surface area contributed by atoms with Gasteiger partial charge in [-0.1, -0.05) is 24.3 Å². The molecule has 0 aliphatic heterocycles. The first-order valence-corrected chi connectivity index (χ1v) is 9.33. The fraction of sp³-hybridized carbons (Fsp3) is 0.333. The van der Waals surface area contributed by atoms with E-state index in [4.69, 9.17) is 9.47 Å². The lowest BCUT2D eigenvalue weighted by Crippen LogP contribution is -2.31. The highest BCUT2D eigenvalue weighted by molar-refractivity contribution is 14.0. The molecule has 29 heavy (non-hydrogen) atoms. The number of rotatable bonds is 10. The van der Waals surface area contributed by atoms with E-state index in [0.29, 0.717) is 25.7 Å². The molecule has 2 rings (SSSR count). The number of methoxy groups -OCH3 is 1. The third kappa shape index (κ3) is 10.1. The summed E-state index contributed by atoms with van der Waals surface area (Å²) in [5.41, 5.74) is 1.58. The molecule has 0 saturated carbocycles. The first kappa shape index (κ1) is 24.7. The number of hydrogen-bond acceptors (Lipinski definition) is 4. The maximum absolute atomic E-state index is 12.1. The van der Waals surface area contributed by atoms with Gasteiger partial charge in [0.2, 0.25) is 5.91 Å². The highest BCUT2D eigenvalue weighted by atomic mass is 127. The number of benzene rings is 2. The van der Waals surface area contributed by atoms with Crippen LogP contribution in [-0.4, -0.2) is 45.3 Å². The molecule has 158 valence electrons. The maximum Gasteiger partial charge on any atom is 0.246 e. The minimum absolute atomic E-state index is 0. The molecule has 8 heteroatoms. The van der Waals surface area contributed by atoms with Crippen molar-refractivity contribution in [3.05, 3.63) is 54.6 Å². The topological polar surface area (TPSA) is 84.0 Å². The normalized spacial score (nSPS) is 10.6. The molecule has 3 N–H and O–H groups in total. The summed E-state index contributed by atoms with van der Waals surface area (Å²) >= 11 is 0. The summed E-state index contributed by atoms with van der Waals surface area (Å²) in [6, 6.07) is 16.9. The van der Waals surface area contributed by atoms with Crippen molar-refractivity contribution in [2.45, 2.75) is 13.3 Å². The molecule has 0 atom stereocenters. The largest absolute Gasteiger partial charge is 0.493 e. The number of amides is 1. The number of carbonyl (C=O) groups is 1. The van der Waals surface area contributed by atoms with Crippen molar-refractivity contribution in [3.63, 3.8) is 0 Å². The fourth-order valence-corrected chi connectivity index (χ4v) is 2.37. The van der Waals surface area contributed by atoms with Crippen LogP contribution in [0.2, 0.25) is 0 Å². The van der Waals surface area contributed by atoms with Gasteiger partial charge in [0.05, 0.1) is 6.61 Å². The number of guanidine groups is 1. The number of hydrogen-bond donors (Lipinski definition) is 3. The van der Waals surface area contributed by atoms with Crippen molar-refractivity contribution >= 4 is 47.2 Å². The lowest BCUT2D eigenvalue weighted by Gasteiger charge is -2.13. The predicted molar refractivity (Wildman–Crippen MR) is 129 cm³/mol. The molecule has 0 saturated heterocycles. The number of nitrogens with zero attached hydrogens (tertiary/aromatic N) is 1. The first-order chi connectivity index (χ1) is 13.7. The standard InChI is InChI=1S/C21H28N4O3.HI/c1-3-22-21(23-16-20(26)24-17-9-5-4-6-10-17)25-18-11-7-12-19(15-18)28-14-8-13-27-2;/h4-7,9-12,15H,3,8,13-14,16H2,1-2H3,(H,24,26)(H2,22,23,25);1H. The summed E-state index contributed by atoms with van der Waals surface area (Å²) in [5, 5.41) is 9.14. The summed E-state index contributed by atoms with van der Waals surface area (Å²) in [6.45, 7) is 3.92. The third-order valence-electron chi connectivity index (χ3n) is 3.64. The molecule has 7 nitrogen and oxygen atoms in total. The van der Waals surface area contributed by atoms with Crippen molar-refractivity contribution in [3.8, 4) is 5.75 Å². The van der Waals surface area contributed by atoms with Crippen LogP contribution in [0, 0.1) is 0 Å². The second-order valence-electron chi connectivity index (χ2n) is 5.96. The SMILES string of the molecule is CCNC(=NCC(=O)Nc1ccccc1)Nc1cccc(OCCCOC)c1.I. The van der Waals surface area contributed by atoms with Gasteiger partial charge in [-0.3, -0.25) is 4.79 Å². The van der Waals surface area contributed by atoms with Gasteiger partial charge in [-0.05, 0) is 31.2 Å². The van der Waals surface area contributed by atoms with Crippen molar-refractivity contribution in [1.82, 2.24) is 5.32 Å². The Labute approximate surface area is 189 Å². The van der Waals surface area contributed by atoms with Gasteiger partial charge >= 0.3 is 0 Å². The molecule has 0 aliphatic rings. The summed E-state index contributed by atoms with van der Waals surface area (Å²) < 4.78 is 10.7. The highest BCUT2D eigenvalue weighted by Gasteiger charge is 2.04. The number of ether oxygens (including phenoxy) is 2. The molecule has 0 aliphatic carbocycles. The first-order valence-electron chi connectivity index (χ1n) is 9.33. The molecule has 0 spiro atoms. The van der Waals surface area contributed by atoms with Gasteiger partial charge in [0, 0.05) is 44.1 Å². The molecule has 2 aromatic carbocycles. The molecular weight excluding hydrogens is 483 g/mol. The number of anilines is 2. The van der Waals surface area contributed by atoms with Crippen molar-refractivity contribution < 1.29 is 14.3 Å². The Balaban J connectivity index is 0.00000420. The minimum Gasteiger partial charge on any atom is -0.493 e. The summed E-state index contributed by atoms with van der Waals surface area (Å²) in [6.07, 6.45) is 0.828. The van der Waals surface area contributed by atoms with E-state index in [2.05, 4.69) is 20.9 Å². The molecular formula is C21H29IN4O3. The Morgan fingerprint density at radius 3 is 2.48 bits per heavy atom. The zero-order valence-electron chi connectivity index (χ0n) is 16.8. The van der Waals surface area contributed by atoms with E-state index in [1.54, 1.807) is 7.11 Å². The molecule has 0 unspecified atom stereocenters. The lowest BCUT2D eigenvalue weighted by atomic mass is 10.3. The van der Waals surface area contributed by atoms with E-state index in [0.717, 1.165) is 23.5 Å². The number of halogens is 1. The van der Waals surface area contributed by atoms with Crippen LogP contribution in [0.15, 0.2) is 59.6 Å². The molecule has 0 bridgehead atoms. The van der Waals surface area contributed by atoms with Crippen LogP contribution in [0.5, 0.6) is 5.75 Å². The quantitative estimate of drug-likeness (QED) is 0.196. The smallest absolute Gasteiger partial charge is 0.246 e. The summed E-state index contributed by atoms with van der Waals surface area (Å²) in [7, 11) is 1.67. The lowest BCUT2D eigenvalue weighted by molar-refractivity contribution is -0.114. The van der Waals surface area contributed by atoms with Gasteiger partial charge in [0.25, 0.3) is 0 Å². The third-order valence-corrected chi connectivity index (χ3v) is 3.64. The van der Waals surface area contributed by atoms with Gasteiger partial charge in [0.15, 0.2) is 5.96 Å². The van der Waals surface area contributed by atoms with Gasteiger partial charge in [0.1, 0.15) is 12.3 Å². The van der Waals surface area contributed by atoms with Crippen LogP contribution in [0.4, 0.5) is 11.4 Å². The molecule has 2 aromatic rings. The van der Waals surface area contributed by atoms with Crippen molar-refractivity contribution in [1.29, 1.82) is 0 Å². The second kappa shape index (κ2) is 14.6. The molecule has 0 aromatic heterocycles. The van der Waals surface area contributed by atoms with Crippen LogP contribution in [0.3, 0.4) is 0 Å². The Morgan fingerprint density at radius 1 is 1.00 bits per heavy atom. The number of para-hydroxylation sites is 1. The molecule has 1 amide bonds. The van der Waals surface area contributed by atoms with Gasteiger partial charge < -0.3 is 25.4 Å². The number of nitrogens with one attached hydrogen (secondary N) is 3. The highest BCUT2D eigenvalue weighted by Crippen LogP contribution is 2.17. The van der Waals surface area contributed by atoms with E-state index in [-0.39, 0.29) is 36.4 Å². The van der Waals surface area contributed by atoms with Gasteiger partial charge in [-0.15, -0.1) is 24.0 Å². The van der Waals surface area contributed by atoms with Crippen LogP contribution >= 0.6 is 24.0 Å². The van der Waals surface area contributed by atoms with E-state index < -0.39 is 0 Å². The second-order valence-corrected chi connectivity index (χ2v) is 5.96. The van der Waals surface area contributed by atoms with E-state index >= 15 is 0 Å². The van der Waals surface area contributed by atoms with Crippen LogP contribution in [0.1, 0.15) is 13.3 Å². The predicted octanol–water partition coefficient (Wildman–Crippen LogP) is 3.74. The Bertz CT molecular complexity index is 757. The van der Waals surface area contributed by atoms with E-state index in [1.165, 1.54) is 0 Å². The number of aliphatic imine (C=N–C) groups is 1. The zero-order chi connectivity index (χ0) is 20.0. The Hall–Kier alpha value is -2.33. The van der Waals surface area contributed by atoms with Gasteiger partial charge in [-0.25, -0.2) is 4.99 Å². The van der Waals surface area contributed by atoms with Crippen LogP contribution < -0.4 is 20.7 Å². The maximum atomic E-state index is 12.1. The van der Waals surface area contributed by atoms with Crippen LogP contribution in [0.25, 0.3) is 0 Å². The minimum atomic E-state index is -0.182. The monoisotopic (exact) mass is 512 g/mol. The number of carbonyl (C=O) groups excluding carboxylic acids is 1. The zero-order valence-corrected chi connectivity index (χ0v) is 19.1. The molecule has 0 heterocycles. The summed E-state index contributed by atoms with van der Waals surface area (Å²) in [4.78, 5) is 16.4. The average molecular weight is 512 g/mol. The fourth-order valence-electron chi connectivity index (χ4n) is 2.37. The van der Waals surface area contributed by atoms with Crippen molar-refractivity contribution in [2.75, 3.05) is 44.0 Å². The van der Waals surface area contributed by atoms with Crippen LogP contribution in [-0.2, 0) is 9.53 Å². The molecule has 0 radical (unpaired) electrons.